The van der Waals surface area contributed by atoms with Gasteiger partial charge in [0.2, 0.25) is 5.91 Å². The lowest BCUT2D eigenvalue weighted by Crippen LogP contribution is -2.42. The van der Waals surface area contributed by atoms with Crippen LogP contribution in [0.4, 0.5) is 5.69 Å². The van der Waals surface area contributed by atoms with E-state index >= 15 is 0 Å². The van der Waals surface area contributed by atoms with Gasteiger partial charge in [0.1, 0.15) is 0 Å². The quantitative estimate of drug-likeness (QED) is 0.180. The van der Waals surface area contributed by atoms with Crippen molar-refractivity contribution in [3.8, 4) is 0 Å². The normalized spacial score (nSPS) is 22.5. The molecule has 9 heteroatoms. The summed E-state index contributed by atoms with van der Waals surface area (Å²) < 4.78 is 5.82. The first kappa shape index (κ1) is 36.8. The fraction of sp³-hybridized carbons (Fsp3) is 0.514. The van der Waals surface area contributed by atoms with E-state index in [0.29, 0.717) is 18.4 Å². The third-order valence-electron chi connectivity index (χ3n) is 8.11. The molecule has 2 aliphatic carbocycles. The van der Waals surface area contributed by atoms with Gasteiger partial charge in [-0.1, -0.05) is 62.1 Å². The fourth-order valence-electron chi connectivity index (χ4n) is 5.81. The molecule has 44 heavy (non-hydrogen) atoms. The maximum absolute atomic E-state index is 13.0. The highest BCUT2D eigenvalue weighted by Crippen LogP contribution is 2.36. The van der Waals surface area contributed by atoms with Crippen LogP contribution in [0.1, 0.15) is 58.3 Å². The Morgan fingerprint density at radius 3 is 2.55 bits per heavy atom. The van der Waals surface area contributed by atoms with Gasteiger partial charge in [-0.25, -0.2) is 0 Å². The van der Waals surface area contributed by atoms with E-state index in [2.05, 4.69) is 58.1 Å². The highest BCUT2D eigenvalue weighted by molar-refractivity contribution is 6.29. The van der Waals surface area contributed by atoms with Crippen LogP contribution in [0.15, 0.2) is 87.5 Å². The second-order valence-corrected chi connectivity index (χ2v) is 11.8. The van der Waals surface area contributed by atoms with E-state index in [1.54, 1.807) is 6.08 Å². The van der Waals surface area contributed by atoms with Gasteiger partial charge >= 0.3 is 0 Å². The predicted octanol–water partition coefficient (Wildman–Crippen LogP) is 7.11. The van der Waals surface area contributed by atoms with E-state index in [-0.39, 0.29) is 11.8 Å². The number of halogens is 1. The molecule has 1 aromatic carbocycles. The Bertz CT molecular complexity index is 1130. The summed E-state index contributed by atoms with van der Waals surface area (Å²) in [6, 6.07) is 10.1. The number of nitrogens with one attached hydrogen (secondary N) is 3. The second kappa shape index (κ2) is 21.4. The summed E-state index contributed by atoms with van der Waals surface area (Å²) >= 11 is 6.27. The SMILES string of the molecule is C=C/C(NC(=O)C1CCCC(CCCC2CC(Cl)=CC=C2OCC)C1)=C1/CN(C)CCN1.C=NN=C.CNc1ccccc1. The van der Waals surface area contributed by atoms with E-state index in [9.17, 15) is 4.79 Å². The third kappa shape index (κ3) is 13.5. The topological polar surface area (TPSA) is 90.4 Å². The zero-order valence-electron chi connectivity index (χ0n) is 27.0. The number of amides is 1. The van der Waals surface area contributed by atoms with Crippen molar-refractivity contribution < 1.29 is 9.53 Å². The van der Waals surface area contributed by atoms with Crippen molar-refractivity contribution in [2.75, 3.05) is 45.7 Å². The molecule has 0 radical (unpaired) electrons. The van der Waals surface area contributed by atoms with Crippen molar-refractivity contribution in [1.29, 1.82) is 0 Å². The molecule has 3 N–H and O–H groups in total. The minimum Gasteiger partial charge on any atom is -0.498 e. The Kier molecular flexibility index (Phi) is 17.9. The molecule has 1 amide bonds. The molecular formula is C35H53ClN6O2. The van der Waals surface area contributed by atoms with Crippen molar-refractivity contribution in [1.82, 2.24) is 15.5 Å². The summed E-state index contributed by atoms with van der Waals surface area (Å²) in [5.41, 5.74) is 3.06. The summed E-state index contributed by atoms with van der Waals surface area (Å²) in [5.74, 6) is 2.32. The van der Waals surface area contributed by atoms with Crippen molar-refractivity contribution in [3.05, 3.63) is 77.3 Å². The van der Waals surface area contributed by atoms with Gasteiger partial charge in [-0.3, -0.25) is 9.69 Å². The number of hydrogen-bond donors (Lipinski definition) is 3. The lowest BCUT2D eigenvalue weighted by atomic mass is 9.78. The lowest BCUT2D eigenvalue weighted by Gasteiger charge is -2.31. The first-order valence-corrected chi connectivity index (χ1v) is 16.1. The Morgan fingerprint density at radius 1 is 1.18 bits per heavy atom. The van der Waals surface area contributed by atoms with Gasteiger partial charge < -0.3 is 20.7 Å². The molecule has 1 aromatic rings. The molecule has 1 saturated heterocycles. The van der Waals surface area contributed by atoms with Gasteiger partial charge in [-0.2, -0.15) is 10.2 Å². The van der Waals surface area contributed by atoms with Crippen LogP contribution in [0.3, 0.4) is 0 Å². The molecule has 3 unspecified atom stereocenters. The van der Waals surface area contributed by atoms with Crippen molar-refractivity contribution in [2.24, 2.45) is 28.0 Å². The maximum atomic E-state index is 13.0. The van der Waals surface area contributed by atoms with Crippen LogP contribution in [-0.2, 0) is 9.53 Å². The van der Waals surface area contributed by atoms with Crippen LogP contribution in [0.5, 0.6) is 0 Å². The molecule has 0 bridgehead atoms. The van der Waals surface area contributed by atoms with Crippen molar-refractivity contribution in [2.45, 2.75) is 58.3 Å². The van der Waals surface area contributed by atoms with Gasteiger partial charge in [0.05, 0.1) is 18.1 Å². The van der Waals surface area contributed by atoms with Crippen LogP contribution in [0.2, 0.25) is 0 Å². The van der Waals surface area contributed by atoms with Crippen molar-refractivity contribution >= 4 is 36.6 Å². The molecule has 3 atom stereocenters. The highest BCUT2D eigenvalue weighted by Gasteiger charge is 2.28. The number of allylic oxidation sites excluding steroid dienone is 5. The number of rotatable bonds is 11. The molecule has 0 spiro atoms. The number of carbonyl (C=O) groups is 1. The van der Waals surface area contributed by atoms with Crippen LogP contribution >= 0.6 is 11.6 Å². The largest absolute Gasteiger partial charge is 0.498 e. The Hall–Kier alpha value is -3.36. The maximum Gasteiger partial charge on any atom is 0.227 e. The van der Waals surface area contributed by atoms with Gasteiger partial charge in [-0.15, -0.1) is 0 Å². The number of likely N-dealkylation sites (N-methyl/N-ethyl adjacent to an activating group) is 1. The van der Waals surface area contributed by atoms with Crippen LogP contribution < -0.4 is 16.0 Å². The number of benzene rings is 1. The minimum absolute atomic E-state index is 0.0940. The van der Waals surface area contributed by atoms with E-state index in [0.717, 1.165) is 86.0 Å². The number of para-hydroxylation sites is 1. The van der Waals surface area contributed by atoms with E-state index < -0.39 is 0 Å². The monoisotopic (exact) mass is 624 g/mol. The number of anilines is 1. The van der Waals surface area contributed by atoms with Gasteiger partial charge in [0.25, 0.3) is 0 Å². The van der Waals surface area contributed by atoms with Crippen molar-refractivity contribution in [3.63, 3.8) is 0 Å². The molecule has 1 heterocycles. The second-order valence-electron chi connectivity index (χ2n) is 11.3. The number of carbonyl (C=O) groups excluding carboxylic acids is 1. The minimum atomic E-state index is 0.0940. The molecule has 8 nitrogen and oxygen atoms in total. The Morgan fingerprint density at radius 2 is 1.93 bits per heavy atom. The molecule has 1 saturated carbocycles. The molecule has 0 aromatic heterocycles. The van der Waals surface area contributed by atoms with Gasteiger partial charge in [0, 0.05) is 68.4 Å². The molecule has 4 rings (SSSR count). The summed E-state index contributed by atoms with van der Waals surface area (Å²) in [6.07, 6.45) is 14.4. The molecule has 1 aliphatic heterocycles. The zero-order chi connectivity index (χ0) is 32.2. The Labute approximate surface area is 270 Å². The third-order valence-corrected chi connectivity index (χ3v) is 8.39. The molecule has 3 aliphatic rings. The van der Waals surface area contributed by atoms with E-state index in [1.807, 2.05) is 56.5 Å². The van der Waals surface area contributed by atoms with E-state index in [4.69, 9.17) is 16.3 Å². The summed E-state index contributed by atoms with van der Waals surface area (Å²) in [4.78, 5) is 15.3. The molecule has 242 valence electrons. The average Bonchev–Trinajstić information content (AvgIpc) is 3.05. The average molecular weight is 625 g/mol. The predicted molar refractivity (Wildman–Crippen MR) is 187 cm³/mol. The number of hydrogen-bond acceptors (Lipinski definition) is 7. The standard InChI is InChI=1S/C26H40ClN3O2.C7H9N.C2H4N2/c1-4-23(24-18-30(3)15-14-28-24)29-26(31)21-11-7-9-19(16-21)8-6-10-20-17-22(27)12-13-25(20)32-5-2;1-8-7-5-3-2-4-6-7;1-3-4-2/h4,12-13,19-21,28H,1,5-11,14-18H2,2-3H3,(H,29,31);2-6,8H,1H3;1-2H2/b24-23+;;. The van der Waals surface area contributed by atoms with Gasteiger partial charge in [0.15, 0.2) is 0 Å². The zero-order valence-corrected chi connectivity index (χ0v) is 27.7. The summed E-state index contributed by atoms with van der Waals surface area (Å²) in [7, 11) is 4.01. The van der Waals surface area contributed by atoms with Crippen LogP contribution in [0, 0.1) is 17.8 Å². The van der Waals surface area contributed by atoms with Gasteiger partial charge in [-0.05, 0) is 75.9 Å². The van der Waals surface area contributed by atoms with Crippen LogP contribution in [0.25, 0.3) is 0 Å². The fourth-order valence-corrected chi connectivity index (χ4v) is 6.06. The number of piperazine rings is 1. The first-order chi connectivity index (χ1) is 21.3. The van der Waals surface area contributed by atoms with E-state index in [1.165, 1.54) is 12.8 Å². The first-order valence-electron chi connectivity index (χ1n) is 15.8. The van der Waals surface area contributed by atoms with Crippen LogP contribution in [-0.4, -0.2) is 64.6 Å². The highest BCUT2D eigenvalue weighted by atomic mass is 35.5. The smallest absolute Gasteiger partial charge is 0.227 e. The molecule has 2 fully saturated rings. The lowest BCUT2D eigenvalue weighted by molar-refractivity contribution is -0.125. The molecular weight excluding hydrogens is 572 g/mol. The Balaban J connectivity index is 0.000000470. The summed E-state index contributed by atoms with van der Waals surface area (Å²) in [6.45, 7) is 15.4. The number of nitrogens with zero attached hydrogens (tertiary/aromatic N) is 3. The number of ether oxygens (including phenoxy) is 1. The summed E-state index contributed by atoms with van der Waals surface area (Å²) in [5, 5.41) is 16.5.